The van der Waals surface area contributed by atoms with Crippen molar-refractivity contribution in [1.82, 2.24) is 4.31 Å². The van der Waals surface area contributed by atoms with Gasteiger partial charge in [0, 0.05) is 24.7 Å². The number of methoxy groups -OCH3 is 1. The quantitative estimate of drug-likeness (QED) is 0.769. The third-order valence-corrected chi connectivity index (χ3v) is 6.91. The van der Waals surface area contributed by atoms with Crippen molar-refractivity contribution in [3.63, 3.8) is 0 Å². The van der Waals surface area contributed by atoms with Crippen LogP contribution < -0.4 is 10.1 Å². The van der Waals surface area contributed by atoms with E-state index in [1.54, 1.807) is 0 Å². The van der Waals surface area contributed by atoms with Crippen molar-refractivity contribution < 1.29 is 26.7 Å². The number of ether oxygens (including phenoxy) is 1. The standard InChI is InChI=1S/C21H24F2N2O4S/c1-13-8-14(2)12-25(11-13)30(27,28)20-9-15(4-7-19(20)29-3)21(26)24-18-10-16(22)5-6-17(18)23/h4-7,9-10,13-14H,8,11-12H2,1-3H3,(H,24,26). The van der Waals surface area contributed by atoms with Crippen LogP contribution in [-0.2, 0) is 10.0 Å². The Morgan fingerprint density at radius 3 is 2.40 bits per heavy atom. The van der Waals surface area contributed by atoms with Gasteiger partial charge in [0.1, 0.15) is 22.3 Å². The fourth-order valence-electron chi connectivity index (χ4n) is 3.75. The SMILES string of the molecule is COc1ccc(C(=O)Nc2cc(F)ccc2F)cc1S(=O)(=O)N1CC(C)CC(C)C1. The van der Waals surface area contributed by atoms with E-state index in [0.29, 0.717) is 13.1 Å². The van der Waals surface area contributed by atoms with E-state index in [0.717, 1.165) is 24.6 Å². The minimum atomic E-state index is -3.92. The molecule has 2 aromatic rings. The fraction of sp³-hybridized carbons (Fsp3) is 0.381. The fourth-order valence-corrected chi connectivity index (χ4v) is 5.61. The Labute approximate surface area is 174 Å². The molecule has 1 aliphatic heterocycles. The molecule has 0 bridgehead atoms. The zero-order chi connectivity index (χ0) is 22.1. The lowest BCUT2D eigenvalue weighted by atomic mass is 9.94. The molecule has 2 atom stereocenters. The number of hydrogen-bond donors (Lipinski definition) is 1. The van der Waals surface area contributed by atoms with Crippen LogP contribution in [0, 0.1) is 23.5 Å². The van der Waals surface area contributed by atoms with Crippen LogP contribution in [0.15, 0.2) is 41.3 Å². The lowest BCUT2D eigenvalue weighted by Crippen LogP contribution is -2.42. The van der Waals surface area contributed by atoms with Crippen LogP contribution in [0.4, 0.5) is 14.5 Å². The summed E-state index contributed by atoms with van der Waals surface area (Å²) in [6, 6.07) is 6.62. The van der Waals surface area contributed by atoms with Gasteiger partial charge in [-0.1, -0.05) is 13.8 Å². The monoisotopic (exact) mass is 438 g/mol. The first-order valence-electron chi connectivity index (χ1n) is 9.56. The van der Waals surface area contributed by atoms with Crippen molar-refractivity contribution in [3.8, 4) is 5.75 Å². The Bertz CT molecular complexity index is 1050. The Balaban J connectivity index is 1.95. The molecule has 9 heteroatoms. The second-order valence-electron chi connectivity index (χ2n) is 7.71. The van der Waals surface area contributed by atoms with Gasteiger partial charge in [-0.05, 0) is 48.6 Å². The number of piperidine rings is 1. The van der Waals surface area contributed by atoms with Crippen molar-refractivity contribution >= 4 is 21.6 Å². The minimum Gasteiger partial charge on any atom is -0.495 e. The lowest BCUT2D eigenvalue weighted by Gasteiger charge is -2.34. The van der Waals surface area contributed by atoms with Crippen molar-refractivity contribution in [1.29, 1.82) is 0 Å². The molecular formula is C21H24F2N2O4S. The first-order chi connectivity index (χ1) is 14.1. The molecule has 1 heterocycles. The number of benzene rings is 2. The van der Waals surface area contributed by atoms with Gasteiger partial charge in [-0.15, -0.1) is 0 Å². The van der Waals surface area contributed by atoms with Crippen molar-refractivity contribution in [2.75, 3.05) is 25.5 Å². The second-order valence-corrected chi connectivity index (χ2v) is 9.62. The van der Waals surface area contributed by atoms with E-state index in [4.69, 9.17) is 4.74 Å². The molecule has 1 amide bonds. The molecule has 30 heavy (non-hydrogen) atoms. The molecule has 0 aliphatic carbocycles. The van der Waals surface area contributed by atoms with Crippen LogP contribution >= 0.6 is 0 Å². The van der Waals surface area contributed by atoms with Crippen LogP contribution in [0.25, 0.3) is 0 Å². The van der Waals surface area contributed by atoms with E-state index >= 15 is 0 Å². The zero-order valence-electron chi connectivity index (χ0n) is 17.0. The molecule has 1 N–H and O–H groups in total. The van der Waals surface area contributed by atoms with Crippen molar-refractivity contribution in [2.24, 2.45) is 11.8 Å². The van der Waals surface area contributed by atoms with Gasteiger partial charge in [0.05, 0.1) is 12.8 Å². The van der Waals surface area contributed by atoms with Gasteiger partial charge in [0.25, 0.3) is 5.91 Å². The Hall–Kier alpha value is -2.52. The van der Waals surface area contributed by atoms with Crippen LogP contribution in [0.5, 0.6) is 5.75 Å². The summed E-state index contributed by atoms with van der Waals surface area (Å²) in [5.41, 5.74) is -0.352. The highest BCUT2D eigenvalue weighted by atomic mass is 32.2. The van der Waals surface area contributed by atoms with E-state index in [1.807, 2.05) is 13.8 Å². The van der Waals surface area contributed by atoms with E-state index in [9.17, 15) is 22.0 Å². The van der Waals surface area contributed by atoms with Crippen LogP contribution in [0.3, 0.4) is 0 Å². The molecule has 1 aliphatic rings. The molecule has 2 unspecified atom stereocenters. The predicted octanol–water partition coefficient (Wildman–Crippen LogP) is 3.89. The summed E-state index contributed by atoms with van der Waals surface area (Å²) in [4.78, 5) is 12.4. The topological polar surface area (TPSA) is 75.7 Å². The van der Waals surface area contributed by atoms with E-state index in [2.05, 4.69) is 5.32 Å². The highest BCUT2D eigenvalue weighted by Gasteiger charge is 2.34. The maximum Gasteiger partial charge on any atom is 0.255 e. The molecule has 162 valence electrons. The number of amides is 1. The number of carbonyl (C=O) groups is 1. The highest BCUT2D eigenvalue weighted by molar-refractivity contribution is 7.89. The Morgan fingerprint density at radius 1 is 1.10 bits per heavy atom. The van der Waals surface area contributed by atoms with E-state index in [-0.39, 0.29) is 33.7 Å². The lowest BCUT2D eigenvalue weighted by molar-refractivity contribution is 0.102. The van der Waals surface area contributed by atoms with Gasteiger partial charge >= 0.3 is 0 Å². The largest absolute Gasteiger partial charge is 0.495 e. The number of anilines is 1. The summed E-state index contributed by atoms with van der Waals surface area (Å²) < 4.78 is 60.4. The molecule has 0 saturated carbocycles. The van der Waals surface area contributed by atoms with Gasteiger partial charge in [0.2, 0.25) is 10.0 Å². The number of halogens is 2. The number of rotatable bonds is 5. The zero-order valence-corrected chi connectivity index (χ0v) is 17.8. The molecule has 0 radical (unpaired) electrons. The van der Waals surface area contributed by atoms with Gasteiger partial charge in [-0.2, -0.15) is 4.31 Å². The van der Waals surface area contributed by atoms with Gasteiger partial charge < -0.3 is 10.1 Å². The number of nitrogens with zero attached hydrogens (tertiary/aromatic N) is 1. The molecular weight excluding hydrogens is 414 g/mol. The normalized spacial score (nSPS) is 20.0. The summed E-state index contributed by atoms with van der Waals surface area (Å²) in [5.74, 6) is -1.76. The number of carbonyl (C=O) groups excluding carboxylic acids is 1. The Kier molecular flexibility index (Phi) is 6.42. The minimum absolute atomic E-state index is 0.0175. The van der Waals surface area contributed by atoms with Gasteiger partial charge in [0.15, 0.2) is 0 Å². The average Bonchev–Trinajstić information content (AvgIpc) is 2.69. The molecule has 3 rings (SSSR count). The maximum atomic E-state index is 13.8. The summed E-state index contributed by atoms with van der Waals surface area (Å²) in [6.45, 7) is 4.74. The number of nitrogens with one attached hydrogen (secondary N) is 1. The van der Waals surface area contributed by atoms with Crippen molar-refractivity contribution in [3.05, 3.63) is 53.6 Å². The molecule has 2 aromatic carbocycles. The first-order valence-corrected chi connectivity index (χ1v) is 11.0. The second kappa shape index (κ2) is 8.69. The van der Waals surface area contributed by atoms with Crippen molar-refractivity contribution in [2.45, 2.75) is 25.2 Å². The molecule has 0 spiro atoms. The molecule has 1 saturated heterocycles. The van der Waals surface area contributed by atoms with Gasteiger partial charge in [-0.3, -0.25) is 4.79 Å². The maximum absolute atomic E-state index is 13.8. The summed E-state index contributed by atoms with van der Waals surface area (Å²) in [7, 11) is -2.58. The first kappa shape index (κ1) is 22.2. The molecule has 6 nitrogen and oxygen atoms in total. The number of sulfonamides is 1. The average molecular weight is 438 g/mol. The van der Waals surface area contributed by atoms with Crippen LogP contribution in [0.1, 0.15) is 30.6 Å². The smallest absolute Gasteiger partial charge is 0.255 e. The van der Waals surface area contributed by atoms with E-state index < -0.39 is 27.6 Å². The summed E-state index contributed by atoms with van der Waals surface area (Å²) >= 11 is 0. The molecule has 1 fully saturated rings. The van der Waals surface area contributed by atoms with Crippen LogP contribution in [-0.4, -0.2) is 38.8 Å². The third kappa shape index (κ3) is 4.62. The number of hydrogen-bond acceptors (Lipinski definition) is 4. The molecule has 0 aromatic heterocycles. The Morgan fingerprint density at radius 2 is 1.77 bits per heavy atom. The summed E-state index contributed by atoms with van der Waals surface area (Å²) in [5, 5.41) is 2.27. The predicted molar refractivity (Wildman–Crippen MR) is 109 cm³/mol. The van der Waals surface area contributed by atoms with Crippen LogP contribution in [0.2, 0.25) is 0 Å². The van der Waals surface area contributed by atoms with Gasteiger partial charge in [-0.25, -0.2) is 17.2 Å². The van der Waals surface area contributed by atoms with E-state index in [1.165, 1.54) is 29.6 Å². The third-order valence-electron chi connectivity index (χ3n) is 5.06. The summed E-state index contributed by atoms with van der Waals surface area (Å²) in [6.07, 6.45) is 0.935. The highest BCUT2D eigenvalue weighted by Crippen LogP contribution is 2.32.